The van der Waals surface area contributed by atoms with Gasteiger partial charge in [0.1, 0.15) is 5.75 Å². The Morgan fingerprint density at radius 3 is 2.78 bits per heavy atom. The predicted molar refractivity (Wildman–Crippen MR) is 86.2 cm³/mol. The maximum Gasteiger partial charge on any atom is 0.241 e. The summed E-state index contributed by atoms with van der Waals surface area (Å²) in [7, 11) is 0. The highest BCUT2D eigenvalue weighted by molar-refractivity contribution is 5.55. The van der Waals surface area contributed by atoms with E-state index in [1.54, 1.807) is 0 Å². The van der Waals surface area contributed by atoms with Crippen LogP contribution in [0.25, 0.3) is 11.4 Å². The van der Waals surface area contributed by atoms with Gasteiger partial charge in [-0.1, -0.05) is 5.16 Å². The molecule has 3 rings (SSSR count). The molecule has 1 aromatic carbocycles. The largest absolute Gasteiger partial charge is 0.494 e. The molecule has 0 radical (unpaired) electrons. The fraction of sp³-hybridized carbons (Fsp3) is 0.529. The van der Waals surface area contributed by atoms with E-state index in [4.69, 9.17) is 14.0 Å². The topological polar surface area (TPSA) is 60.6 Å². The third-order valence-corrected chi connectivity index (χ3v) is 3.97. The van der Waals surface area contributed by atoms with E-state index in [2.05, 4.69) is 28.9 Å². The molecule has 23 heavy (non-hydrogen) atoms. The molecule has 1 fully saturated rings. The van der Waals surface area contributed by atoms with Crippen LogP contribution in [0.4, 0.5) is 0 Å². The molecule has 1 aromatic heterocycles. The van der Waals surface area contributed by atoms with Crippen molar-refractivity contribution in [3.05, 3.63) is 30.2 Å². The van der Waals surface area contributed by atoms with Gasteiger partial charge in [-0.05, 0) is 45.0 Å². The van der Waals surface area contributed by atoms with Gasteiger partial charge in [-0.15, -0.1) is 0 Å². The third kappa shape index (κ3) is 3.89. The first-order chi connectivity index (χ1) is 11.2. The summed E-state index contributed by atoms with van der Waals surface area (Å²) in [6.07, 6.45) is 0.236. The third-order valence-electron chi connectivity index (χ3n) is 3.97. The highest BCUT2D eigenvalue weighted by atomic mass is 16.5. The van der Waals surface area contributed by atoms with Gasteiger partial charge in [0.2, 0.25) is 11.7 Å². The van der Waals surface area contributed by atoms with Crippen molar-refractivity contribution in [3.63, 3.8) is 0 Å². The molecule has 2 aromatic rings. The monoisotopic (exact) mass is 317 g/mol. The molecule has 2 heterocycles. The number of rotatable bonds is 5. The molecule has 2 atom stereocenters. The Hall–Kier alpha value is -1.92. The second-order valence-corrected chi connectivity index (χ2v) is 5.89. The number of aromatic nitrogens is 2. The molecule has 6 nitrogen and oxygen atoms in total. The zero-order chi connectivity index (χ0) is 16.2. The van der Waals surface area contributed by atoms with Crippen LogP contribution in [0.2, 0.25) is 0 Å². The molecule has 0 unspecified atom stereocenters. The fourth-order valence-corrected chi connectivity index (χ4v) is 2.67. The normalized spacial score (nSPS) is 22.2. The molecule has 0 saturated carbocycles. The molecule has 0 bridgehead atoms. The van der Waals surface area contributed by atoms with Crippen molar-refractivity contribution in [2.75, 3.05) is 19.8 Å². The molecule has 1 aliphatic heterocycles. The number of morpholine rings is 1. The van der Waals surface area contributed by atoms with E-state index in [1.165, 1.54) is 0 Å². The number of hydrogen-bond donors (Lipinski definition) is 0. The van der Waals surface area contributed by atoms with Crippen LogP contribution in [0.1, 0.15) is 26.7 Å². The lowest BCUT2D eigenvalue weighted by atomic mass is 10.2. The minimum atomic E-state index is 0.236. The van der Waals surface area contributed by atoms with Gasteiger partial charge in [0.15, 0.2) is 0 Å². The highest BCUT2D eigenvalue weighted by Crippen LogP contribution is 2.21. The predicted octanol–water partition coefficient (Wildman–Crippen LogP) is 2.74. The average molecular weight is 317 g/mol. The lowest BCUT2D eigenvalue weighted by Crippen LogP contribution is -2.46. The van der Waals surface area contributed by atoms with Crippen molar-refractivity contribution in [1.29, 1.82) is 0 Å². The molecule has 0 spiro atoms. The molecule has 0 amide bonds. The van der Waals surface area contributed by atoms with Crippen molar-refractivity contribution in [2.24, 2.45) is 0 Å². The fourth-order valence-electron chi connectivity index (χ4n) is 2.67. The number of hydrogen-bond acceptors (Lipinski definition) is 6. The van der Waals surface area contributed by atoms with E-state index in [0.717, 1.165) is 24.5 Å². The van der Waals surface area contributed by atoms with Crippen molar-refractivity contribution in [2.45, 2.75) is 39.5 Å². The molecular weight excluding hydrogens is 294 g/mol. The average Bonchev–Trinajstić information content (AvgIpc) is 3.01. The molecule has 0 aliphatic carbocycles. The van der Waals surface area contributed by atoms with E-state index in [0.29, 0.717) is 30.9 Å². The Morgan fingerprint density at radius 2 is 2.04 bits per heavy atom. The second kappa shape index (κ2) is 7.10. The van der Waals surface area contributed by atoms with E-state index in [-0.39, 0.29) is 6.10 Å². The van der Waals surface area contributed by atoms with Crippen LogP contribution in [0.15, 0.2) is 28.8 Å². The Labute approximate surface area is 136 Å². The van der Waals surface area contributed by atoms with E-state index < -0.39 is 0 Å². The maximum atomic E-state index is 5.64. The van der Waals surface area contributed by atoms with Gasteiger partial charge in [0.25, 0.3) is 0 Å². The van der Waals surface area contributed by atoms with E-state index in [1.807, 2.05) is 31.2 Å². The standard InChI is InChI=1S/C17H23N3O3/c1-4-21-15-7-5-14(6-8-15)17-18-16(23-19-17)10-20-9-13(3)22-11-12(20)2/h5-8,12-13H,4,9-11H2,1-3H3/t12-,13+/m1/s1. The van der Waals surface area contributed by atoms with Gasteiger partial charge >= 0.3 is 0 Å². The Morgan fingerprint density at radius 1 is 1.26 bits per heavy atom. The van der Waals surface area contributed by atoms with Gasteiger partial charge in [0, 0.05) is 18.2 Å². The SMILES string of the molecule is CCOc1ccc(-c2noc(CN3C[C@H](C)OC[C@H]3C)n2)cc1. The summed E-state index contributed by atoms with van der Waals surface area (Å²) in [6.45, 7) is 9.12. The first-order valence-corrected chi connectivity index (χ1v) is 8.07. The van der Waals surface area contributed by atoms with Crippen LogP contribution in [0.5, 0.6) is 5.75 Å². The van der Waals surface area contributed by atoms with Crippen LogP contribution in [-0.4, -0.2) is 46.9 Å². The van der Waals surface area contributed by atoms with Gasteiger partial charge in [-0.3, -0.25) is 4.90 Å². The van der Waals surface area contributed by atoms with Crippen molar-refractivity contribution < 1.29 is 14.0 Å². The minimum absolute atomic E-state index is 0.236. The van der Waals surface area contributed by atoms with Crippen LogP contribution < -0.4 is 4.74 Å². The van der Waals surface area contributed by atoms with Crippen LogP contribution in [-0.2, 0) is 11.3 Å². The molecule has 1 saturated heterocycles. The van der Waals surface area contributed by atoms with Gasteiger partial charge in [0.05, 0.1) is 25.9 Å². The van der Waals surface area contributed by atoms with Gasteiger partial charge in [-0.25, -0.2) is 0 Å². The summed E-state index contributed by atoms with van der Waals surface area (Å²) in [4.78, 5) is 6.82. The Balaban J connectivity index is 1.67. The first kappa shape index (κ1) is 16.0. The summed E-state index contributed by atoms with van der Waals surface area (Å²) in [6, 6.07) is 8.08. The zero-order valence-electron chi connectivity index (χ0n) is 13.9. The van der Waals surface area contributed by atoms with Crippen molar-refractivity contribution in [1.82, 2.24) is 15.0 Å². The van der Waals surface area contributed by atoms with E-state index >= 15 is 0 Å². The molecule has 6 heteroatoms. The molecule has 1 aliphatic rings. The van der Waals surface area contributed by atoms with Crippen molar-refractivity contribution in [3.8, 4) is 17.1 Å². The lowest BCUT2D eigenvalue weighted by Gasteiger charge is -2.35. The summed E-state index contributed by atoms with van der Waals surface area (Å²) < 4.78 is 16.5. The quantitative estimate of drug-likeness (QED) is 0.845. The lowest BCUT2D eigenvalue weighted by molar-refractivity contribution is -0.0555. The maximum absolute atomic E-state index is 5.64. The number of nitrogens with zero attached hydrogens (tertiary/aromatic N) is 3. The van der Waals surface area contributed by atoms with Crippen LogP contribution in [0.3, 0.4) is 0 Å². The Kier molecular flexibility index (Phi) is 4.93. The number of ether oxygens (including phenoxy) is 2. The van der Waals surface area contributed by atoms with Crippen molar-refractivity contribution >= 4 is 0 Å². The zero-order valence-corrected chi connectivity index (χ0v) is 13.9. The number of benzene rings is 1. The highest BCUT2D eigenvalue weighted by Gasteiger charge is 2.25. The minimum Gasteiger partial charge on any atom is -0.494 e. The van der Waals surface area contributed by atoms with Crippen LogP contribution in [0, 0.1) is 0 Å². The van der Waals surface area contributed by atoms with Gasteiger partial charge < -0.3 is 14.0 Å². The summed E-state index contributed by atoms with van der Waals surface area (Å²) in [5.41, 5.74) is 0.923. The molecule has 124 valence electrons. The van der Waals surface area contributed by atoms with Crippen LogP contribution >= 0.6 is 0 Å². The van der Waals surface area contributed by atoms with E-state index in [9.17, 15) is 0 Å². The smallest absolute Gasteiger partial charge is 0.241 e. The Bertz CT molecular complexity index is 626. The summed E-state index contributed by atoms with van der Waals surface area (Å²) in [5.74, 6) is 2.09. The molecule has 0 N–H and O–H groups in total. The second-order valence-electron chi connectivity index (χ2n) is 5.89. The van der Waals surface area contributed by atoms with Gasteiger partial charge in [-0.2, -0.15) is 4.98 Å². The first-order valence-electron chi connectivity index (χ1n) is 8.07. The summed E-state index contributed by atoms with van der Waals surface area (Å²) >= 11 is 0. The molecular formula is C17H23N3O3. The summed E-state index contributed by atoms with van der Waals surface area (Å²) in [5, 5.41) is 4.09.